The number of carbonyl (C=O) groups is 1. The molecule has 6 nitrogen and oxygen atoms in total. The van der Waals surface area contributed by atoms with E-state index in [1.165, 1.54) is 0 Å². The van der Waals surface area contributed by atoms with Crippen LogP contribution in [0.1, 0.15) is 19.6 Å². The van der Waals surface area contributed by atoms with Crippen LogP contribution in [0, 0.1) is 6.92 Å². The Morgan fingerprint density at radius 3 is 2.81 bits per heavy atom. The number of carbonyl (C=O) groups excluding carboxylic acids is 1. The molecular weight excluding hydrogens is 210 g/mol. The standard InChI is InChI=1S/C10H17N3O3/c1-7-4-8(13-16-7)12-9(15)5-11-10(2,3)6-14/h4,11,14H,5-6H2,1-3H3,(H,12,13,15). The van der Waals surface area contributed by atoms with E-state index in [0.717, 1.165) is 0 Å². The number of amides is 1. The van der Waals surface area contributed by atoms with Gasteiger partial charge >= 0.3 is 0 Å². The molecule has 90 valence electrons. The predicted molar refractivity (Wildman–Crippen MR) is 59.0 cm³/mol. The normalized spacial score (nSPS) is 11.5. The van der Waals surface area contributed by atoms with Gasteiger partial charge in [-0.25, -0.2) is 0 Å². The first kappa shape index (κ1) is 12.7. The van der Waals surface area contributed by atoms with Crippen molar-refractivity contribution in [2.45, 2.75) is 26.3 Å². The molecule has 0 radical (unpaired) electrons. The third kappa shape index (κ3) is 4.00. The van der Waals surface area contributed by atoms with Crippen LogP contribution in [0.3, 0.4) is 0 Å². The molecule has 1 amide bonds. The Morgan fingerprint density at radius 1 is 1.62 bits per heavy atom. The minimum Gasteiger partial charge on any atom is -0.394 e. The summed E-state index contributed by atoms with van der Waals surface area (Å²) in [5, 5.41) is 18.1. The van der Waals surface area contributed by atoms with Gasteiger partial charge in [-0.05, 0) is 20.8 Å². The van der Waals surface area contributed by atoms with Crippen molar-refractivity contribution in [1.29, 1.82) is 0 Å². The van der Waals surface area contributed by atoms with Crippen LogP contribution in [-0.2, 0) is 4.79 Å². The lowest BCUT2D eigenvalue weighted by atomic mass is 10.1. The highest BCUT2D eigenvalue weighted by atomic mass is 16.5. The second-order valence-corrected chi connectivity index (χ2v) is 4.27. The smallest absolute Gasteiger partial charge is 0.239 e. The van der Waals surface area contributed by atoms with Gasteiger partial charge in [0.2, 0.25) is 5.91 Å². The number of anilines is 1. The van der Waals surface area contributed by atoms with Crippen LogP contribution in [0.15, 0.2) is 10.6 Å². The van der Waals surface area contributed by atoms with Gasteiger partial charge in [-0.1, -0.05) is 5.16 Å². The summed E-state index contributed by atoms with van der Waals surface area (Å²) in [6.45, 7) is 5.43. The number of nitrogens with zero attached hydrogens (tertiary/aromatic N) is 1. The van der Waals surface area contributed by atoms with Gasteiger partial charge in [0, 0.05) is 11.6 Å². The zero-order valence-corrected chi connectivity index (χ0v) is 9.70. The van der Waals surface area contributed by atoms with Gasteiger partial charge in [-0.15, -0.1) is 0 Å². The highest BCUT2D eigenvalue weighted by Gasteiger charge is 2.17. The molecule has 0 unspecified atom stereocenters. The van der Waals surface area contributed by atoms with E-state index in [1.807, 2.05) is 0 Å². The van der Waals surface area contributed by atoms with Gasteiger partial charge in [0.05, 0.1) is 13.2 Å². The Kier molecular flexibility index (Phi) is 4.03. The van der Waals surface area contributed by atoms with Crippen LogP contribution in [-0.4, -0.2) is 34.9 Å². The largest absolute Gasteiger partial charge is 0.394 e. The van der Waals surface area contributed by atoms with Crippen LogP contribution in [0.4, 0.5) is 5.82 Å². The van der Waals surface area contributed by atoms with Crippen molar-refractivity contribution in [3.05, 3.63) is 11.8 Å². The summed E-state index contributed by atoms with van der Waals surface area (Å²) in [5.41, 5.74) is -0.475. The summed E-state index contributed by atoms with van der Waals surface area (Å²) in [6, 6.07) is 1.63. The van der Waals surface area contributed by atoms with Crippen molar-refractivity contribution in [2.24, 2.45) is 0 Å². The fourth-order valence-electron chi connectivity index (χ4n) is 0.988. The van der Waals surface area contributed by atoms with Crippen LogP contribution < -0.4 is 10.6 Å². The Bertz CT molecular complexity index is 360. The van der Waals surface area contributed by atoms with Gasteiger partial charge in [0.25, 0.3) is 0 Å². The molecule has 0 bridgehead atoms. The van der Waals surface area contributed by atoms with E-state index in [2.05, 4.69) is 15.8 Å². The molecule has 0 fully saturated rings. The number of aliphatic hydroxyl groups excluding tert-OH is 1. The van der Waals surface area contributed by atoms with Crippen molar-refractivity contribution in [2.75, 3.05) is 18.5 Å². The molecule has 0 atom stereocenters. The molecule has 1 aromatic heterocycles. The molecule has 6 heteroatoms. The van der Waals surface area contributed by atoms with Crippen molar-refractivity contribution >= 4 is 11.7 Å². The average molecular weight is 227 g/mol. The predicted octanol–water partition coefficient (Wildman–Crippen LogP) is 0.282. The summed E-state index contributed by atoms with van der Waals surface area (Å²) >= 11 is 0. The molecule has 0 aromatic carbocycles. The van der Waals surface area contributed by atoms with Crippen LogP contribution in [0.5, 0.6) is 0 Å². The summed E-state index contributed by atoms with van der Waals surface area (Å²) in [7, 11) is 0. The maximum atomic E-state index is 11.4. The van der Waals surface area contributed by atoms with Crippen molar-refractivity contribution < 1.29 is 14.4 Å². The first-order valence-electron chi connectivity index (χ1n) is 5.02. The third-order valence-electron chi connectivity index (χ3n) is 2.02. The molecule has 1 aromatic rings. The average Bonchev–Trinajstić information content (AvgIpc) is 2.61. The van der Waals surface area contributed by atoms with Crippen LogP contribution >= 0.6 is 0 Å². The van der Waals surface area contributed by atoms with Crippen molar-refractivity contribution in [1.82, 2.24) is 10.5 Å². The first-order valence-corrected chi connectivity index (χ1v) is 5.02. The maximum absolute atomic E-state index is 11.4. The van der Waals surface area contributed by atoms with Gasteiger partial charge < -0.3 is 20.3 Å². The van der Waals surface area contributed by atoms with E-state index < -0.39 is 5.54 Å². The SMILES string of the molecule is Cc1cc(NC(=O)CNC(C)(C)CO)no1. The molecule has 1 heterocycles. The number of aryl methyl sites for hydroxylation is 1. The topological polar surface area (TPSA) is 87.4 Å². The first-order chi connectivity index (χ1) is 7.43. The minimum absolute atomic E-state index is 0.0383. The Morgan fingerprint density at radius 2 is 2.31 bits per heavy atom. The van der Waals surface area contributed by atoms with Crippen molar-refractivity contribution in [3.8, 4) is 0 Å². The van der Waals surface area contributed by atoms with Gasteiger partial charge in [-0.3, -0.25) is 4.79 Å². The van der Waals surface area contributed by atoms with Gasteiger partial charge in [-0.2, -0.15) is 0 Å². The van der Waals surface area contributed by atoms with Gasteiger partial charge in [0.1, 0.15) is 5.76 Å². The number of rotatable bonds is 5. The maximum Gasteiger partial charge on any atom is 0.239 e. The highest BCUT2D eigenvalue weighted by molar-refractivity contribution is 5.91. The number of nitrogens with one attached hydrogen (secondary N) is 2. The molecular formula is C10H17N3O3. The minimum atomic E-state index is -0.475. The summed E-state index contributed by atoms with van der Waals surface area (Å²) in [6.07, 6.45) is 0. The lowest BCUT2D eigenvalue weighted by molar-refractivity contribution is -0.115. The quantitative estimate of drug-likeness (QED) is 0.672. The lowest BCUT2D eigenvalue weighted by Gasteiger charge is -2.22. The van der Waals surface area contributed by atoms with E-state index in [9.17, 15) is 4.79 Å². The molecule has 0 aliphatic carbocycles. The Labute approximate surface area is 94.0 Å². The lowest BCUT2D eigenvalue weighted by Crippen LogP contribution is -2.46. The van der Waals surface area contributed by atoms with Crippen LogP contribution in [0.2, 0.25) is 0 Å². The van der Waals surface area contributed by atoms with E-state index in [0.29, 0.717) is 11.6 Å². The second-order valence-electron chi connectivity index (χ2n) is 4.27. The number of aliphatic hydroxyl groups is 1. The number of aromatic nitrogens is 1. The molecule has 16 heavy (non-hydrogen) atoms. The van der Waals surface area contributed by atoms with Crippen molar-refractivity contribution in [3.63, 3.8) is 0 Å². The van der Waals surface area contributed by atoms with E-state index in [4.69, 9.17) is 9.63 Å². The molecule has 1 rings (SSSR count). The monoisotopic (exact) mass is 227 g/mol. The fraction of sp³-hybridized carbons (Fsp3) is 0.600. The molecule has 0 saturated heterocycles. The van der Waals surface area contributed by atoms with E-state index in [-0.39, 0.29) is 19.1 Å². The molecule has 0 spiro atoms. The van der Waals surface area contributed by atoms with Crippen LogP contribution in [0.25, 0.3) is 0 Å². The Balaban J connectivity index is 2.37. The van der Waals surface area contributed by atoms with E-state index >= 15 is 0 Å². The third-order valence-corrected chi connectivity index (χ3v) is 2.02. The second kappa shape index (κ2) is 5.09. The summed E-state index contributed by atoms with van der Waals surface area (Å²) in [5.74, 6) is 0.805. The number of hydrogen-bond acceptors (Lipinski definition) is 5. The summed E-state index contributed by atoms with van der Waals surface area (Å²) < 4.78 is 4.81. The Hall–Kier alpha value is -1.40. The van der Waals surface area contributed by atoms with E-state index in [1.54, 1.807) is 26.8 Å². The summed E-state index contributed by atoms with van der Waals surface area (Å²) in [4.78, 5) is 11.4. The number of hydrogen-bond donors (Lipinski definition) is 3. The zero-order chi connectivity index (χ0) is 12.2. The molecule has 0 aliphatic heterocycles. The zero-order valence-electron chi connectivity index (χ0n) is 9.70. The van der Waals surface area contributed by atoms with Gasteiger partial charge in [0.15, 0.2) is 5.82 Å². The molecule has 0 saturated carbocycles. The highest BCUT2D eigenvalue weighted by Crippen LogP contribution is 2.06. The molecule has 3 N–H and O–H groups in total. The molecule has 0 aliphatic rings. The fourth-order valence-corrected chi connectivity index (χ4v) is 0.988.